The van der Waals surface area contributed by atoms with Gasteiger partial charge in [0.1, 0.15) is 29.4 Å². The molecule has 1 fully saturated rings. The Morgan fingerprint density at radius 1 is 1.02 bits per heavy atom. The first-order valence-electron chi connectivity index (χ1n) is 14.7. The lowest BCUT2D eigenvalue weighted by atomic mass is 10.0. The van der Waals surface area contributed by atoms with E-state index >= 15 is 0 Å². The summed E-state index contributed by atoms with van der Waals surface area (Å²) in [7, 11) is 7.62. The van der Waals surface area contributed by atoms with Crippen LogP contribution in [-0.4, -0.2) is 68.7 Å². The molecule has 5 rings (SSSR count). The minimum absolute atomic E-state index is 0.0701. The zero-order chi connectivity index (χ0) is 31.8. The number of nitrogens with zero attached hydrogens (tertiary/aromatic N) is 5. The highest BCUT2D eigenvalue weighted by Crippen LogP contribution is 2.40. The number of amides is 1. The minimum atomic E-state index is -0.312. The maximum absolute atomic E-state index is 12.3. The second-order valence-corrected chi connectivity index (χ2v) is 10.8. The van der Waals surface area contributed by atoms with Crippen LogP contribution in [0.4, 0.5) is 28.7 Å². The van der Waals surface area contributed by atoms with E-state index in [4.69, 9.17) is 14.3 Å². The van der Waals surface area contributed by atoms with Gasteiger partial charge in [0, 0.05) is 38.7 Å². The van der Waals surface area contributed by atoms with Crippen molar-refractivity contribution < 1.29 is 19.1 Å². The first kappa shape index (κ1) is 31.3. The second-order valence-electron chi connectivity index (χ2n) is 10.8. The van der Waals surface area contributed by atoms with Gasteiger partial charge in [0.2, 0.25) is 5.91 Å². The monoisotopic (exact) mass is 609 g/mol. The van der Waals surface area contributed by atoms with Crippen LogP contribution in [0.2, 0.25) is 0 Å². The first-order chi connectivity index (χ1) is 21.8. The van der Waals surface area contributed by atoms with Crippen LogP contribution in [-0.2, 0) is 9.63 Å². The topological polar surface area (TPSA) is 104 Å². The molecule has 0 saturated carbocycles. The molecule has 2 N–H and O–H groups in total. The molecular formula is C34H39N7O4. The summed E-state index contributed by atoms with van der Waals surface area (Å²) in [6.07, 6.45) is 3.51. The molecular weight excluding hydrogens is 570 g/mol. The predicted octanol–water partition coefficient (Wildman–Crippen LogP) is 6.03. The molecule has 0 spiro atoms. The zero-order valence-electron chi connectivity index (χ0n) is 26.1. The Balaban J connectivity index is 1.39. The number of hydrogen-bond donors (Lipinski definition) is 2. The molecule has 1 atom stereocenters. The summed E-state index contributed by atoms with van der Waals surface area (Å²) in [6, 6.07) is 23.2. The Kier molecular flexibility index (Phi) is 10.1. The standard InChI is InChI=1S/C34H39N7O4/c1-6-34(42)38-27-20-28(31(43-5)21-30(27)40(4)17-16-39(2)3)37-32-22-33(36-23-35-32)41-29(15-18-44-41)24-11-10-14-26(19-24)45-25-12-8-7-9-13-25/h6-14,19-23,29H,1,15-18H2,2-5H3,(H,38,42)(H,35,36,37)/t29-/m1/s1. The van der Waals surface area contributed by atoms with Gasteiger partial charge in [-0.1, -0.05) is 36.9 Å². The van der Waals surface area contributed by atoms with E-state index in [9.17, 15) is 4.79 Å². The van der Waals surface area contributed by atoms with Crippen molar-refractivity contribution in [2.75, 3.05) is 68.5 Å². The lowest BCUT2D eigenvalue weighted by Crippen LogP contribution is -2.29. The largest absolute Gasteiger partial charge is 0.494 e. The highest BCUT2D eigenvalue weighted by Gasteiger charge is 2.29. The smallest absolute Gasteiger partial charge is 0.247 e. The Hall–Kier alpha value is -5.13. The highest BCUT2D eigenvalue weighted by molar-refractivity contribution is 6.02. The van der Waals surface area contributed by atoms with E-state index in [0.29, 0.717) is 35.4 Å². The van der Waals surface area contributed by atoms with Crippen molar-refractivity contribution in [1.82, 2.24) is 14.9 Å². The normalized spacial score (nSPS) is 14.2. The molecule has 2 heterocycles. The van der Waals surface area contributed by atoms with Crippen LogP contribution in [0.3, 0.4) is 0 Å². The van der Waals surface area contributed by atoms with Gasteiger partial charge < -0.3 is 29.9 Å². The van der Waals surface area contributed by atoms with Crippen molar-refractivity contribution in [2.45, 2.75) is 12.5 Å². The summed E-state index contributed by atoms with van der Waals surface area (Å²) in [6.45, 7) is 5.72. The minimum Gasteiger partial charge on any atom is -0.494 e. The number of nitrogens with one attached hydrogen (secondary N) is 2. The molecule has 45 heavy (non-hydrogen) atoms. The van der Waals surface area contributed by atoms with Crippen molar-refractivity contribution in [3.8, 4) is 17.2 Å². The van der Waals surface area contributed by atoms with Crippen LogP contribution < -0.4 is 30.1 Å². The number of likely N-dealkylation sites (N-methyl/N-ethyl adjacent to an activating group) is 2. The van der Waals surface area contributed by atoms with Gasteiger partial charge in [0.05, 0.1) is 36.8 Å². The molecule has 0 bridgehead atoms. The quantitative estimate of drug-likeness (QED) is 0.175. The molecule has 0 unspecified atom stereocenters. The van der Waals surface area contributed by atoms with Gasteiger partial charge in [0.15, 0.2) is 5.82 Å². The van der Waals surface area contributed by atoms with Crippen LogP contribution in [0.15, 0.2) is 91.8 Å². The molecule has 11 nitrogen and oxygen atoms in total. The number of rotatable bonds is 13. The van der Waals surface area contributed by atoms with Gasteiger partial charge in [-0.3, -0.25) is 9.63 Å². The molecule has 3 aromatic carbocycles. The summed E-state index contributed by atoms with van der Waals surface area (Å²) in [4.78, 5) is 31.5. The molecule has 1 saturated heterocycles. The fraction of sp³-hybridized carbons (Fsp3) is 0.265. The summed E-state index contributed by atoms with van der Waals surface area (Å²) in [5.41, 5.74) is 3.09. The van der Waals surface area contributed by atoms with Gasteiger partial charge in [-0.25, -0.2) is 15.0 Å². The number of ether oxygens (including phenoxy) is 2. The van der Waals surface area contributed by atoms with E-state index < -0.39 is 0 Å². The van der Waals surface area contributed by atoms with Crippen LogP contribution in [0.1, 0.15) is 18.0 Å². The average Bonchev–Trinajstić information content (AvgIpc) is 3.55. The SMILES string of the molecule is C=CC(=O)Nc1cc(Nc2cc(N3OCC[C@@H]3c3cccc(Oc4ccccc4)c3)ncn2)c(OC)cc1N(C)CCN(C)C. The van der Waals surface area contributed by atoms with Crippen molar-refractivity contribution in [3.05, 3.63) is 97.3 Å². The van der Waals surface area contributed by atoms with Crippen molar-refractivity contribution >= 4 is 34.6 Å². The van der Waals surface area contributed by atoms with Crippen molar-refractivity contribution in [1.29, 1.82) is 0 Å². The molecule has 1 aromatic heterocycles. The molecule has 1 amide bonds. The van der Waals surface area contributed by atoms with E-state index in [1.54, 1.807) is 7.11 Å². The van der Waals surface area contributed by atoms with Crippen LogP contribution >= 0.6 is 0 Å². The molecule has 0 aliphatic carbocycles. The number of hydrogen-bond acceptors (Lipinski definition) is 10. The predicted molar refractivity (Wildman–Crippen MR) is 178 cm³/mol. The molecule has 4 aromatic rings. The number of carbonyl (C=O) groups excluding carboxylic acids is 1. The number of para-hydroxylation sites is 1. The first-order valence-corrected chi connectivity index (χ1v) is 14.7. The average molecular weight is 610 g/mol. The lowest BCUT2D eigenvalue weighted by Gasteiger charge is -2.26. The number of methoxy groups -OCH3 is 1. The fourth-order valence-corrected chi connectivity index (χ4v) is 4.99. The third-order valence-electron chi connectivity index (χ3n) is 7.32. The summed E-state index contributed by atoms with van der Waals surface area (Å²) in [5.74, 6) is 2.93. The fourth-order valence-electron chi connectivity index (χ4n) is 4.99. The Labute approximate surface area is 264 Å². The molecule has 0 radical (unpaired) electrons. The highest BCUT2D eigenvalue weighted by atomic mass is 16.7. The summed E-state index contributed by atoms with van der Waals surface area (Å²) < 4.78 is 11.8. The Morgan fingerprint density at radius 3 is 2.58 bits per heavy atom. The van der Waals surface area contributed by atoms with E-state index in [1.165, 1.54) is 12.4 Å². The number of hydroxylamine groups is 1. The third-order valence-corrected chi connectivity index (χ3v) is 7.32. The zero-order valence-corrected chi connectivity index (χ0v) is 26.1. The molecule has 234 valence electrons. The van der Waals surface area contributed by atoms with Crippen molar-refractivity contribution in [2.24, 2.45) is 0 Å². The van der Waals surface area contributed by atoms with E-state index in [1.807, 2.05) is 92.9 Å². The van der Waals surface area contributed by atoms with Gasteiger partial charge in [-0.15, -0.1) is 0 Å². The maximum atomic E-state index is 12.3. The van der Waals surface area contributed by atoms with Gasteiger partial charge in [0.25, 0.3) is 0 Å². The number of anilines is 5. The number of aromatic nitrogens is 2. The van der Waals surface area contributed by atoms with E-state index in [2.05, 4.69) is 43.0 Å². The molecule has 1 aliphatic heterocycles. The Bertz CT molecular complexity index is 1620. The van der Waals surface area contributed by atoms with Crippen LogP contribution in [0.25, 0.3) is 0 Å². The number of carbonyl (C=O) groups is 1. The van der Waals surface area contributed by atoms with Crippen LogP contribution in [0, 0.1) is 0 Å². The van der Waals surface area contributed by atoms with E-state index in [0.717, 1.165) is 42.3 Å². The second kappa shape index (κ2) is 14.6. The molecule has 1 aliphatic rings. The maximum Gasteiger partial charge on any atom is 0.247 e. The van der Waals surface area contributed by atoms with Gasteiger partial charge in [-0.05, 0) is 56.1 Å². The van der Waals surface area contributed by atoms with Crippen molar-refractivity contribution in [3.63, 3.8) is 0 Å². The third kappa shape index (κ3) is 7.88. The number of benzene rings is 3. The molecule has 11 heteroatoms. The summed E-state index contributed by atoms with van der Waals surface area (Å²) in [5, 5.41) is 8.08. The lowest BCUT2D eigenvalue weighted by molar-refractivity contribution is -0.111. The van der Waals surface area contributed by atoms with Gasteiger partial charge >= 0.3 is 0 Å². The van der Waals surface area contributed by atoms with E-state index in [-0.39, 0.29) is 11.9 Å². The summed E-state index contributed by atoms with van der Waals surface area (Å²) >= 11 is 0. The van der Waals surface area contributed by atoms with Crippen LogP contribution in [0.5, 0.6) is 17.2 Å². The van der Waals surface area contributed by atoms with Gasteiger partial charge in [-0.2, -0.15) is 0 Å². The Morgan fingerprint density at radius 2 is 1.82 bits per heavy atom.